The number of hydrogen-bond donors (Lipinski definition) is 1. The highest BCUT2D eigenvalue weighted by molar-refractivity contribution is 5.83. The largest absolute Gasteiger partial charge is 0.462 e. The first kappa shape index (κ1) is 38.8. The van der Waals surface area contributed by atoms with Crippen molar-refractivity contribution < 1.29 is 68.8 Å². The average Bonchev–Trinajstić information content (AvgIpc) is 2.86. The van der Waals surface area contributed by atoms with Gasteiger partial charge in [-0.05, 0) is 47.0 Å². The SMILES string of the molecule is CCOCC(O)COC(=O)C(C)(C)CC(C)(CC(CC)C(=O)N(C)C)C(=O)OCC(F)(F)C(F)(F)C(F)(F)C(F)F. The summed E-state index contributed by atoms with van der Waals surface area (Å²) in [5.41, 5.74) is -3.68. The van der Waals surface area contributed by atoms with E-state index in [4.69, 9.17) is 9.47 Å². The summed E-state index contributed by atoms with van der Waals surface area (Å²) in [6.07, 6.45) is -7.29. The van der Waals surface area contributed by atoms with Gasteiger partial charge >= 0.3 is 36.1 Å². The molecule has 0 aromatic rings. The number of hydrogen-bond acceptors (Lipinski definition) is 7. The predicted octanol–water partition coefficient (Wildman–Crippen LogP) is 4.57. The number of nitrogens with zero attached hydrogens (tertiary/aromatic N) is 1. The fourth-order valence-electron chi connectivity index (χ4n) is 4.06. The maximum absolute atomic E-state index is 14.1. The number of aliphatic hydroxyl groups is 1. The number of aliphatic hydroxyl groups excluding tert-OH is 1. The molecular weight excluding hydrogens is 578 g/mol. The molecule has 0 heterocycles. The molecule has 0 bridgehead atoms. The first-order valence-electron chi connectivity index (χ1n) is 12.7. The lowest BCUT2D eigenvalue weighted by Crippen LogP contribution is -2.59. The molecule has 0 spiro atoms. The fourth-order valence-corrected chi connectivity index (χ4v) is 4.06. The minimum Gasteiger partial charge on any atom is -0.462 e. The van der Waals surface area contributed by atoms with Crippen LogP contribution in [0.1, 0.15) is 53.9 Å². The number of carbonyl (C=O) groups is 3. The molecule has 0 aromatic heterocycles. The topological polar surface area (TPSA) is 102 Å². The van der Waals surface area contributed by atoms with Crippen LogP contribution in [0, 0.1) is 16.7 Å². The van der Waals surface area contributed by atoms with Crippen molar-refractivity contribution in [1.82, 2.24) is 4.90 Å². The Balaban J connectivity index is 6.16. The van der Waals surface area contributed by atoms with Crippen molar-refractivity contribution in [1.29, 1.82) is 0 Å². The standard InChI is InChI=1S/C25H39F8NO7/c1-8-15(17(36)34(6)7)10-22(5,13-21(3,4)19(37)40-12-16(35)11-39-9-2)20(38)41-14-23(28,29)25(32,33)24(30,31)18(26)27/h15-16,18,35H,8-14H2,1-7H3. The molecule has 16 heteroatoms. The van der Waals surface area contributed by atoms with E-state index in [0.717, 1.165) is 6.92 Å². The molecule has 1 amide bonds. The third-order valence-corrected chi connectivity index (χ3v) is 6.32. The van der Waals surface area contributed by atoms with Crippen LogP contribution >= 0.6 is 0 Å². The molecule has 1 N–H and O–H groups in total. The van der Waals surface area contributed by atoms with Gasteiger partial charge in [0, 0.05) is 26.6 Å². The number of alkyl halides is 8. The van der Waals surface area contributed by atoms with Crippen LogP contribution in [0.15, 0.2) is 0 Å². The van der Waals surface area contributed by atoms with Crippen LogP contribution in [0.2, 0.25) is 0 Å². The number of ether oxygens (including phenoxy) is 3. The van der Waals surface area contributed by atoms with E-state index >= 15 is 0 Å². The van der Waals surface area contributed by atoms with Gasteiger partial charge in [-0.2, -0.15) is 26.3 Å². The number of amides is 1. The van der Waals surface area contributed by atoms with Gasteiger partial charge in [0.25, 0.3) is 0 Å². The second-order valence-electron chi connectivity index (χ2n) is 10.9. The fraction of sp³-hybridized carbons (Fsp3) is 0.880. The number of halogens is 8. The third kappa shape index (κ3) is 9.93. The minimum absolute atomic E-state index is 0.100. The van der Waals surface area contributed by atoms with Crippen molar-refractivity contribution >= 4 is 17.8 Å². The third-order valence-electron chi connectivity index (χ3n) is 6.32. The highest BCUT2D eigenvalue weighted by Crippen LogP contribution is 2.49. The van der Waals surface area contributed by atoms with Crippen LogP contribution in [0.25, 0.3) is 0 Å². The van der Waals surface area contributed by atoms with E-state index in [0.29, 0.717) is 0 Å². The first-order chi connectivity index (χ1) is 18.4. The van der Waals surface area contributed by atoms with Crippen LogP contribution in [-0.4, -0.2) is 98.7 Å². The van der Waals surface area contributed by atoms with Gasteiger partial charge in [0.05, 0.1) is 17.4 Å². The Hall–Kier alpha value is -2.23. The quantitative estimate of drug-likeness (QED) is 0.178. The maximum Gasteiger partial charge on any atom is 0.381 e. The lowest BCUT2D eigenvalue weighted by molar-refractivity contribution is -0.344. The molecule has 0 aliphatic carbocycles. The van der Waals surface area contributed by atoms with Crippen LogP contribution in [0.4, 0.5) is 35.1 Å². The van der Waals surface area contributed by atoms with Crippen LogP contribution in [-0.2, 0) is 28.6 Å². The van der Waals surface area contributed by atoms with Crippen LogP contribution in [0.5, 0.6) is 0 Å². The van der Waals surface area contributed by atoms with Crippen molar-refractivity contribution in [3.63, 3.8) is 0 Å². The van der Waals surface area contributed by atoms with Crippen molar-refractivity contribution in [2.75, 3.05) is 40.5 Å². The zero-order chi connectivity index (χ0) is 32.6. The lowest BCUT2D eigenvalue weighted by atomic mass is 9.69. The van der Waals surface area contributed by atoms with E-state index in [9.17, 15) is 54.6 Å². The molecule has 0 fully saturated rings. The lowest BCUT2D eigenvalue weighted by Gasteiger charge is -2.37. The van der Waals surface area contributed by atoms with Gasteiger partial charge in [-0.1, -0.05) is 6.92 Å². The van der Waals surface area contributed by atoms with Crippen LogP contribution in [0.3, 0.4) is 0 Å². The minimum atomic E-state index is -6.59. The van der Waals surface area contributed by atoms with Crippen LogP contribution < -0.4 is 0 Å². The Bertz CT molecular complexity index is 886. The summed E-state index contributed by atoms with van der Waals surface area (Å²) < 4.78 is 121. The highest BCUT2D eigenvalue weighted by atomic mass is 19.4. The number of esters is 2. The van der Waals surface area contributed by atoms with Gasteiger partial charge in [0.15, 0.2) is 6.61 Å². The molecule has 0 aromatic carbocycles. The van der Waals surface area contributed by atoms with Crippen molar-refractivity contribution in [3.8, 4) is 0 Å². The summed E-state index contributed by atoms with van der Waals surface area (Å²) in [4.78, 5) is 39.7. The van der Waals surface area contributed by atoms with E-state index in [-0.39, 0.29) is 19.6 Å². The van der Waals surface area contributed by atoms with Crippen molar-refractivity contribution in [2.24, 2.45) is 16.7 Å². The van der Waals surface area contributed by atoms with Gasteiger partial charge in [0.1, 0.15) is 12.7 Å². The molecule has 0 aliphatic rings. The number of rotatable bonds is 18. The van der Waals surface area contributed by atoms with E-state index in [1.54, 1.807) is 13.8 Å². The molecule has 3 atom stereocenters. The van der Waals surface area contributed by atoms with Crippen molar-refractivity contribution in [3.05, 3.63) is 0 Å². The number of carbonyl (C=O) groups excluding carboxylic acids is 3. The van der Waals surface area contributed by atoms with Gasteiger partial charge in [-0.25, -0.2) is 8.78 Å². The van der Waals surface area contributed by atoms with Crippen molar-refractivity contribution in [2.45, 2.75) is 84.2 Å². The molecule has 0 saturated heterocycles. The summed E-state index contributed by atoms with van der Waals surface area (Å²) in [6, 6.07) is 0. The van der Waals surface area contributed by atoms with Gasteiger partial charge < -0.3 is 24.2 Å². The monoisotopic (exact) mass is 617 g/mol. The molecule has 242 valence electrons. The summed E-state index contributed by atoms with van der Waals surface area (Å²) in [7, 11) is 2.78. The zero-order valence-electron chi connectivity index (χ0n) is 24.0. The summed E-state index contributed by atoms with van der Waals surface area (Å²) in [6.45, 7) is 3.75. The van der Waals surface area contributed by atoms with E-state index < -0.39 is 90.9 Å². The average molecular weight is 618 g/mol. The second-order valence-corrected chi connectivity index (χ2v) is 10.9. The maximum atomic E-state index is 14.1. The molecule has 0 radical (unpaired) electrons. The zero-order valence-corrected chi connectivity index (χ0v) is 24.0. The molecule has 0 rings (SSSR count). The Labute approximate surface area is 233 Å². The smallest absolute Gasteiger partial charge is 0.381 e. The first-order valence-corrected chi connectivity index (χ1v) is 12.7. The van der Waals surface area contributed by atoms with Gasteiger partial charge in [-0.3, -0.25) is 14.4 Å². The molecular formula is C25H39F8NO7. The Morgan fingerprint density at radius 3 is 1.85 bits per heavy atom. The summed E-state index contributed by atoms with van der Waals surface area (Å²) in [5, 5.41) is 9.83. The molecule has 8 nitrogen and oxygen atoms in total. The molecule has 0 saturated carbocycles. The van der Waals surface area contributed by atoms with Gasteiger partial charge in [0.2, 0.25) is 5.91 Å². The van der Waals surface area contributed by atoms with Gasteiger partial charge in [-0.15, -0.1) is 0 Å². The Kier molecular flexibility index (Phi) is 14.0. The Morgan fingerprint density at radius 2 is 1.41 bits per heavy atom. The molecule has 0 aliphatic heterocycles. The molecule has 41 heavy (non-hydrogen) atoms. The second kappa shape index (κ2) is 14.8. The molecule has 3 unspecified atom stereocenters. The van der Waals surface area contributed by atoms with E-state index in [1.807, 2.05) is 0 Å². The van der Waals surface area contributed by atoms with E-state index in [2.05, 4.69) is 4.74 Å². The summed E-state index contributed by atoms with van der Waals surface area (Å²) >= 11 is 0. The predicted molar refractivity (Wildman–Crippen MR) is 129 cm³/mol. The highest BCUT2D eigenvalue weighted by Gasteiger charge is 2.75. The summed E-state index contributed by atoms with van der Waals surface area (Å²) in [5.74, 6) is -23.1. The normalized spacial score (nSPS) is 16.1. The van der Waals surface area contributed by atoms with E-state index in [1.165, 1.54) is 32.8 Å². The Morgan fingerprint density at radius 1 is 0.878 bits per heavy atom.